The van der Waals surface area contributed by atoms with Gasteiger partial charge in [-0.15, -0.1) is 0 Å². The highest BCUT2D eigenvalue weighted by Gasteiger charge is 2.10. The van der Waals surface area contributed by atoms with E-state index in [1.54, 1.807) is 18.2 Å². The lowest BCUT2D eigenvalue weighted by atomic mass is 10.1. The minimum absolute atomic E-state index is 0.157. The Labute approximate surface area is 97.1 Å². The molecule has 0 saturated carbocycles. The molecule has 0 saturated heterocycles. The fourth-order valence-electron chi connectivity index (χ4n) is 1.23. The third-order valence-electron chi connectivity index (χ3n) is 2.12. The molecule has 0 N–H and O–H groups in total. The van der Waals surface area contributed by atoms with Gasteiger partial charge in [0.15, 0.2) is 0 Å². The third-order valence-corrected chi connectivity index (χ3v) is 2.84. The topological polar surface area (TPSA) is 43.1 Å². The van der Waals surface area contributed by atoms with Crippen LogP contribution in [0.3, 0.4) is 0 Å². The van der Waals surface area contributed by atoms with Crippen molar-refractivity contribution in [3.05, 3.63) is 45.5 Å². The molecule has 0 heterocycles. The molecule has 0 amide bonds. The second-order valence-corrected chi connectivity index (χ2v) is 3.67. The van der Waals surface area contributed by atoms with Gasteiger partial charge in [0, 0.05) is 11.4 Å². The molecule has 0 bridgehead atoms. The fraction of sp³-hybridized carbons (Fsp3) is 0.273. The molecule has 0 atom stereocenters. The van der Waals surface area contributed by atoms with Crippen LogP contribution in [0.5, 0.6) is 0 Å². The molecule has 1 aromatic rings. The van der Waals surface area contributed by atoms with Crippen LogP contribution in [0.25, 0.3) is 6.08 Å². The van der Waals surface area contributed by atoms with Gasteiger partial charge in [-0.25, -0.2) is 0 Å². The van der Waals surface area contributed by atoms with Gasteiger partial charge in [0.05, 0.1) is 10.5 Å². The number of rotatable bonds is 4. The van der Waals surface area contributed by atoms with Crippen LogP contribution in [0.2, 0.25) is 0 Å². The van der Waals surface area contributed by atoms with E-state index in [4.69, 9.17) is 0 Å². The highest BCUT2D eigenvalue weighted by Crippen LogP contribution is 2.21. The number of hydrogen-bond acceptors (Lipinski definition) is 2. The monoisotopic (exact) mass is 269 g/mol. The van der Waals surface area contributed by atoms with E-state index in [1.807, 2.05) is 13.0 Å². The summed E-state index contributed by atoms with van der Waals surface area (Å²) < 4.78 is 0. The van der Waals surface area contributed by atoms with Crippen LogP contribution < -0.4 is 0 Å². The molecule has 0 spiro atoms. The van der Waals surface area contributed by atoms with Crippen molar-refractivity contribution < 1.29 is 4.92 Å². The summed E-state index contributed by atoms with van der Waals surface area (Å²) in [6, 6.07) is 6.76. The summed E-state index contributed by atoms with van der Waals surface area (Å²) in [5.74, 6) is 0. The number of nitrogens with zero attached hydrogens (tertiary/aromatic N) is 1. The van der Waals surface area contributed by atoms with Crippen LogP contribution in [0, 0.1) is 10.1 Å². The van der Waals surface area contributed by atoms with Crippen LogP contribution in [-0.4, -0.2) is 10.3 Å². The van der Waals surface area contributed by atoms with Crippen molar-refractivity contribution >= 4 is 27.7 Å². The number of para-hydroxylation sites is 1. The van der Waals surface area contributed by atoms with Crippen molar-refractivity contribution in [2.45, 2.75) is 13.3 Å². The standard InChI is InChI=1S/C11H12BrNO2/c1-2-9(8-12)7-10-5-3-4-6-11(10)13(14)15/h3-7H,2,8H2,1H3. The Kier molecular flexibility index (Phi) is 4.49. The Morgan fingerprint density at radius 1 is 1.53 bits per heavy atom. The summed E-state index contributed by atoms with van der Waals surface area (Å²) >= 11 is 3.36. The van der Waals surface area contributed by atoms with Gasteiger partial charge in [0.25, 0.3) is 5.69 Å². The van der Waals surface area contributed by atoms with Crippen LogP contribution in [0.15, 0.2) is 29.8 Å². The molecule has 80 valence electrons. The molecule has 0 radical (unpaired) electrons. The SMILES string of the molecule is CCC(=Cc1ccccc1[N+](=O)[O-])CBr. The average Bonchev–Trinajstić information content (AvgIpc) is 2.26. The fourth-order valence-corrected chi connectivity index (χ4v) is 1.79. The summed E-state index contributed by atoms with van der Waals surface area (Å²) in [4.78, 5) is 10.4. The van der Waals surface area contributed by atoms with Crippen LogP contribution >= 0.6 is 15.9 Å². The van der Waals surface area contributed by atoms with Gasteiger partial charge in [-0.1, -0.05) is 40.6 Å². The van der Waals surface area contributed by atoms with E-state index >= 15 is 0 Å². The minimum Gasteiger partial charge on any atom is -0.258 e. The first-order chi connectivity index (χ1) is 7.19. The molecule has 1 rings (SSSR count). The Hall–Kier alpha value is -1.16. The van der Waals surface area contributed by atoms with Crippen molar-refractivity contribution in [3.8, 4) is 0 Å². The van der Waals surface area contributed by atoms with Gasteiger partial charge < -0.3 is 0 Å². The molecule has 1 aromatic carbocycles. The molecule has 0 aliphatic rings. The maximum atomic E-state index is 10.7. The van der Waals surface area contributed by atoms with Gasteiger partial charge in [-0.2, -0.15) is 0 Å². The van der Waals surface area contributed by atoms with Crippen LogP contribution in [0.1, 0.15) is 18.9 Å². The van der Waals surface area contributed by atoms with Crippen molar-refractivity contribution in [1.82, 2.24) is 0 Å². The highest BCUT2D eigenvalue weighted by molar-refractivity contribution is 9.09. The summed E-state index contributed by atoms with van der Waals surface area (Å²) in [7, 11) is 0. The first-order valence-electron chi connectivity index (χ1n) is 4.67. The van der Waals surface area contributed by atoms with Crippen molar-refractivity contribution in [3.63, 3.8) is 0 Å². The number of benzene rings is 1. The molecule has 0 aliphatic carbocycles. The van der Waals surface area contributed by atoms with Gasteiger partial charge in [0.1, 0.15) is 0 Å². The van der Waals surface area contributed by atoms with E-state index in [0.717, 1.165) is 17.3 Å². The van der Waals surface area contributed by atoms with Gasteiger partial charge >= 0.3 is 0 Å². The normalized spacial score (nSPS) is 11.5. The van der Waals surface area contributed by atoms with E-state index in [1.165, 1.54) is 6.07 Å². The predicted octanol–water partition coefficient (Wildman–Crippen LogP) is 3.78. The molecular formula is C11H12BrNO2. The number of allylic oxidation sites excluding steroid dienone is 1. The molecule has 3 nitrogen and oxygen atoms in total. The minimum atomic E-state index is -0.354. The molecular weight excluding hydrogens is 258 g/mol. The van der Waals surface area contributed by atoms with E-state index in [-0.39, 0.29) is 10.6 Å². The third kappa shape index (κ3) is 3.16. The zero-order valence-corrected chi connectivity index (χ0v) is 10.0. The van der Waals surface area contributed by atoms with E-state index in [0.29, 0.717) is 5.56 Å². The Bertz CT molecular complexity index is 382. The number of nitro groups is 1. The number of halogens is 1. The molecule has 0 aromatic heterocycles. The number of alkyl halides is 1. The van der Waals surface area contributed by atoms with Gasteiger partial charge in [-0.05, 0) is 18.6 Å². The van der Waals surface area contributed by atoms with E-state index < -0.39 is 0 Å². The first kappa shape index (κ1) is 11.9. The quantitative estimate of drug-likeness (QED) is 0.474. The molecule has 0 aliphatic heterocycles. The number of hydrogen-bond donors (Lipinski definition) is 0. The summed E-state index contributed by atoms with van der Waals surface area (Å²) in [6.45, 7) is 2.03. The number of nitro benzene ring substituents is 1. The van der Waals surface area contributed by atoms with Crippen LogP contribution in [0.4, 0.5) is 5.69 Å². The molecule has 0 unspecified atom stereocenters. The molecule has 4 heteroatoms. The second-order valence-electron chi connectivity index (χ2n) is 3.11. The lowest BCUT2D eigenvalue weighted by Gasteiger charge is -2.00. The molecule has 0 fully saturated rings. The Morgan fingerprint density at radius 2 is 2.20 bits per heavy atom. The first-order valence-corrected chi connectivity index (χ1v) is 5.80. The van der Waals surface area contributed by atoms with E-state index in [9.17, 15) is 10.1 Å². The lowest BCUT2D eigenvalue weighted by Crippen LogP contribution is -1.92. The van der Waals surface area contributed by atoms with E-state index in [2.05, 4.69) is 15.9 Å². The summed E-state index contributed by atoms with van der Waals surface area (Å²) in [5, 5.41) is 11.5. The van der Waals surface area contributed by atoms with Gasteiger partial charge in [0.2, 0.25) is 0 Å². The largest absolute Gasteiger partial charge is 0.276 e. The Morgan fingerprint density at radius 3 is 2.73 bits per heavy atom. The smallest absolute Gasteiger partial charge is 0.258 e. The molecule has 15 heavy (non-hydrogen) atoms. The maximum Gasteiger partial charge on any atom is 0.276 e. The van der Waals surface area contributed by atoms with Crippen LogP contribution in [-0.2, 0) is 0 Å². The predicted molar refractivity (Wildman–Crippen MR) is 65.2 cm³/mol. The lowest BCUT2D eigenvalue weighted by molar-refractivity contribution is -0.385. The zero-order valence-electron chi connectivity index (χ0n) is 8.44. The van der Waals surface area contributed by atoms with Crippen molar-refractivity contribution in [2.24, 2.45) is 0 Å². The second kappa shape index (κ2) is 5.66. The van der Waals surface area contributed by atoms with Crippen molar-refractivity contribution in [2.75, 3.05) is 5.33 Å². The highest BCUT2D eigenvalue weighted by atomic mass is 79.9. The summed E-state index contributed by atoms with van der Waals surface area (Å²) in [5.41, 5.74) is 1.97. The Balaban J connectivity index is 3.13. The summed E-state index contributed by atoms with van der Waals surface area (Å²) in [6.07, 6.45) is 2.75. The average molecular weight is 270 g/mol. The van der Waals surface area contributed by atoms with Gasteiger partial charge in [-0.3, -0.25) is 10.1 Å². The maximum absolute atomic E-state index is 10.7. The van der Waals surface area contributed by atoms with Crippen molar-refractivity contribution in [1.29, 1.82) is 0 Å². The zero-order chi connectivity index (χ0) is 11.3.